The zero-order valence-electron chi connectivity index (χ0n) is 15.3. The molecule has 0 aliphatic rings. The van der Waals surface area contributed by atoms with Gasteiger partial charge in [0.2, 0.25) is 0 Å². The Balaban J connectivity index is 0.00000280. The molecular formula is C21H20Cl2FN2O2-. The van der Waals surface area contributed by atoms with Crippen molar-refractivity contribution in [2.24, 2.45) is 0 Å². The summed E-state index contributed by atoms with van der Waals surface area (Å²) in [6.07, 6.45) is 1.78. The average Bonchev–Trinajstić information content (AvgIpc) is 2.68. The minimum atomic E-state index is -0.371. The van der Waals surface area contributed by atoms with Gasteiger partial charge in [-0.1, -0.05) is 29.8 Å². The standard InChI is InChI=1S/C21H20ClFN2O2.ClH/c1-26-21-10-15(12-24-13-18-4-2-3-9-25-18)5-8-20(21)27-14-16-6-7-17(23)11-19(16)22;/h2-11,24H,12-14H2,1H3;1H/p-1. The summed E-state index contributed by atoms with van der Waals surface area (Å²) in [5, 5.41) is 3.68. The zero-order valence-corrected chi connectivity index (χ0v) is 16.8. The molecule has 0 bridgehead atoms. The van der Waals surface area contributed by atoms with E-state index in [1.165, 1.54) is 12.1 Å². The number of nitrogens with one attached hydrogen (secondary N) is 1. The second kappa shape index (κ2) is 10.9. The van der Waals surface area contributed by atoms with Gasteiger partial charge >= 0.3 is 0 Å². The highest BCUT2D eigenvalue weighted by molar-refractivity contribution is 6.31. The van der Waals surface area contributed by atoms with E-state index in [1.54, 1.807) is 19.4 Å². The van der Waals surface area contributed by atoms with Crippen LogP contribution in [0, 0.1) is 5.82 Å². The number of hydrogen-bond donors (Lipinski definition) is 1. The molecule has 0 aliphatic heterocycles. The van der Waals surface area contributed by atoms with E-state index in [1.807, 2.05) is 36.4 Å². The third-order valence-electron chi connectivity index (χ3n) is 3.99. The third kappa shape index (κ3) is 6.09. The van der Waals surface area contributed by atoms with Crippen LogP contribution in [-0.4, -0.2) is 12.1 Å². The molecule has 3 aromatic rings. The molecule has 0 amide bonds. The van der Waals surface area contributed by atoms with Crippen LogP contribution >= 0.6 is 11.6 Å². The van der Waals surface area contributed by atoms with Gasteiger partial charge in [0.25, 0.3) is 0 Å². The minimum Gasteiger partial charge on any atom is -1.00 e. The van der Waals surface area contributed by atoms with Gasteiger partial charge in [0.1, 0.15) is 12.4 Å². The van der Waals surface area contributed by atoms with Gasteiger partial charge in [-0.3, -0.25) is 4.98 Å². The highest BCUT2D eigenvalue weighted by Gasteiger charge is 2.08. The van der Waals surface area contributed by atoms with Crippen LogP contribution in [0.3, 0.4) is 0 Å². The van der Waals surface area contributed by atoms with Crippen molar-refractivity contribution < 1.29 is 26.3 Å². The summed E-state index contributed by atoms with van der Waals surface area (Å²) >= 11 is 6.04. The molecule has 0 atom stereocenters. The highest BCUT2D eigenvalue weighted by Crippen LogP contribution is 2.29. The van der Waals surface area contributed by atoms with Gasteiger partial charge in [-0.15, -0.1) is 0 Å². The topological polar surface area (TPSA) is 43.4 Å². The van der Waals surface area contributed by atoms with Gasteiger partial charge in [-0.05, 0) is 42.0 Å². The maximum Gasteiger partial charge on any atom is 0.161 e. The van der Waals surface area contributed by atoms with Crippen LogP contribution in [0.5, 0.6) is 11.5 Å². The Morgan fingerprint density at radius 1 is 1.04 bits per heavy atom. The Morgan fingerprint density at radius 3 is 2.61 bits per heavy atom. The molecule has 1 heterocycles. The first-order valence-electron chi connectivity index (χ1n) is 8.50. The van der Waals surface area contributed by atoms with Crippen molar-refractivity contribution in [1.82, 2.24) is 10.3 Å². The van der Waals surface area contributed by atoms with Crippen LogP contribution in [0.15, 0.2) is 60.8 Å². The van der Waals surface area contributed by atoms with Crippen molar-refractivity contribution in [2.75, 3.05) is 7.11 Å². The summed E-state index contributed by atoms with van der Waals surface area (Å²) < 4.78 is 24.4. The highest BCUT2D eigenvalue weighted by atomic mass is 35.5. The van der Waals surface area contributed by atoms with Crippen LogP contribution in [0.4, 0.5) is 4.39 Å². The first-order chi connectivity index (χ1) is 13.2. The molecule has 4 nitrogen and oxygen atoms in total. The van der Waals surface area contributed by atoms with Crippen molar-refractivity contribution in [1.29, 1.82) is 0 Å². The summed E-state index contributed by atoms with van der Waals surface area (Å²) in [4.78, 5) is 4.28. The maximum absolute atomic E-state index is 13.1. The molecule has 1 aromatic heterocycles. The van der Waals surface area contributed by atoms with E-state index in [2.05, 4.69) is 10.3 Å². The molecule has 7 heteroatoms. The fraction of sp³-hybridized carbons (Fsp3) is 0.190. The lowest BCUT2D eigenvalue weighted by Gasteiger charge is -2.13. The molecule has 0 radical (unpaired) electrons. The largest absolute Gasteiger partial charge is 1.00 e. The average molecular weight is 422 g/mol. The van der Waals surface area contributed by atoms with Crippen LogP contribution in [-0.2, 0) is 19.7 Å². The molecule has 0 spiro atoms. The van der Waals surface area contributed by atoms with E-state index in [-0.39, 0.29) is 24.8 Å². The summed E-state index contributed by atoms with van der Waals surface area (Å²) in [5.74, 6) is 0.862. The quantitative estimate of drug-likeness (QED) is 0.601. The van der Waals surface area contributed by atoms with E-state index in [4.69, 9.17) is 21.1 Å². The van der Waals surface area contributed by atoms with Crippen molar-refractivity contribution in [3.63, 3.8) is 0 Å². The first-order valence-corrected chi connectivity index (χ1v) is 8.88. The van der Waals surface area contributed by atoms with Gasteiger partial charge in [0.15, 0.2) is 11.5 Å². The summed E-state index contributed by atoms with van der Waals surface area (Å²) in [6, 6.07) is 15.8. The number of pyridine rings is 1. The van der Waals surface area contributed by atoms with Gasteiger partial charge < -0.3 is 27.2 Å². The Kier molecular flexibility index (Phi) is 8.51. The molecule has 0 fully saturated rings. The van der Waals surface area contributed by atoms with E-state index in [0.29, 0.717) is 35.2 Å². The van der Waals surface area contributed by atoms with Crippen molar-refractivity contribution >= 4 is 11.6 Å². The van der Waals surface area contributed by atoms with Gasteiger partial charge in [0, 0.05) is 24.8 Å². The van der Waals surface area contributed by atoms with Crippen molar-refractivity contribution in [2.45, 2.75) is 19.7 Å². The first kappa shape index (κ1) is 22.0. The number of halogens is 3. The number of aromatic nitrogens is 1. The molecule has 0 unspecified atom stereocenters. The Bertz CT molecular complexity index is 895. The number of benzene rings is 2. The van der Waals surface area contributed by atoms with Crippen molar-refractivity contribution in [3.05, 3.63) is 88.5 Å². The lowest BCUT2D eigenvalue weighted by atomic mass is 10.2. The second-order valence-corrected chi connectivity index (χ2v) is 6.34. The molecule has 2 aromatic carbocycles. The lowest BCUT2D eigenvalue weighted by molar-refractivity contribution is -0.00000666. The molecular weight excluding hydrogens is 402 g/mol. The lowest BCUT2D eigenvalue weighted by Crippen LogP contribution is -3.00. The minimum absolute atomic E-state index is 0. The summed E-state index contributed by atoms with van der Waals surface area (Å²) in [7, 11) is 1.60. The molecule has 3 rings (SSSR count). The molecule has 148 valence electrons. The van der Waals surface area contributed by atoms with Gasteiger partial charge in [-0.2, -0.15) is 0 Å². The predicted octanol–water partition coefficient (Wildman–Crippen LogP) is 1.76. The smallest absolute Gasteiger partial charge is 0.161 e. The van der Waals surface area contributed by atoms with Gasteiger partial charge in [0.05, 0.1) is 17.8 Å². The summed E-state index contributed by atoms with van der Waals surface area (Å²) in [6.45, 7) is 1.59. The number of hydrogen-bond acceptors (Lipinski definition) is 4. The molecule has 28 heavy (non-hydrogen) atoms. The Hall–Kier alpha value is -2.34. The molecule has 0 saturated carbocycles. The van der Waals surface area contributed by atoms with Crippen LogP contribution < -0.4 is 27.2 Å². The second-order valence-electron chi connectivity index (χ2n) is 5.93. The van der Waals surface area contributed by atoms with E-state index >= 15 is 0 Å². The van der Waals surface area contributed by atoms with Gasteiger partial charge in [-0.25, -0.2) is 4.39 Å². The maximum atomic E-state index is 13.1. The van der Waals surface area contributed by atoms with Crippen LogP contribution in [0.25, 0.3) is 0 Å². The van der Waals surface area contributed by atoms with Crippen LogP contribution in [0.1, 0.15) is 16.8 Å². The monoisotopic (exact) mass is 421 g/mol. The zero-order chi connectivity index (χ0) is 19.1. The fourth-order valence-electron chi connectivity index (χ4n) is 2.57. The molecule has 0 saturated heterocycles. The fourth-order valence-corrected chi connectivity index (χ4v) is 2.79. The Morgan fingerprint density at radius 2 is 1.89 bits per heavy atom. The molecule has 1 N–H and O–H groups in total. The van der Waals surface area contributed by atoms with Crippen molar-refractivity contribution in [3.8, 4) is 11.5 Å². The van der Waals surface area contributed by atoms with E-state index in [0.717, 1.165) is 11.3 Å². The number of nitrogens with zero attached hydrogens (tertiary/aromatic N) is 1. The SMILES string of the molecule is COc1cc(CNCc2ccccn2)ccc1OCc1ccc(F)cc1Cl.[Cl-]. The predicted molar refractivity (Wildman–Crippen MR) is 104 cm³/mol. The Labute approximate surface area is 175 Å². The summed E-state index contributed by atoms with van der Waals surface area (Å²) in [5.41, 5.74) is 2.76. The molecule has 0 aliphatic carbocycles. The van der Waals surface area contributed by atoms with E-state index < -0.39 is 0 Å². The number of methoxy groups -OCH3 is 1. The van der Waals surface area contributed by atoms with Crippen LogP contribution in [0.2, 0.25) is 5.02 Å². The number of rotatable bonds is 8. The number of ether oxygens (including phenoxy) is 2. The third-order valence-corrected chi connectivity index (χ3v) is 4.34. The normalized spacial score (nSPS) is 10.2. The van der Waals surface area contributed by atoms with E-state index in [9.17, 15) is 4.39 Å².